The summed E-state index contributed by atoms with van der Waals surface area (Å²) in [5.41, 5.74) is 10.6. The Balaban J connectivity index is 0.000000426. The molecule has 8 nitrogen and oxygen atoms in total. The van der Waals surface area contributed by atoms with Crippen molar-refractivity contribution in [1.29, 1.82) is 5.26 Å². The smallest absolute Gasteiger partial charge is 0.475 e. The van der Waals surface area contributed by atoms with Crippen molar-refractivity contribution in [1.82, 2.24) is 9.97 Å². The second kappa shape index (κ2) is 13.3. The topological polar surface area (TPSA) is 150 Å². The molecule has 3 rings (SSSR count). The third-order valence-electron chi connectivity index (χ3n) is 4.55. The maximum atomic E-state index is 10.6. The van der Waals surface area contributed by atoms with E-state index >= 15 is 0 Å². The molecule has 0 unspecified atom stereocenters. The monoisotopic (exact) mass is 544 g/mol. The molecule has 0 aliphatic heterocycles. The quantitative estimate of drug-likeness (QED) is 0.366. The van der Waals surface area contributed by atoms with Gasteiger partial charge in [-0.3, -0.25) is 9.97 Å². The minimum Gasteiger partial charge on any atom is -0.475 e. The number of rotatable bonds is 4. The molecule has 1 aromatic carbocycles. The van der Waals surface area contributed by atoms with Crippen molar-refractivity contribution >= 4 is 22.8 Å². The lowest BCUT2D eigenvalue weighted by atomic mass is 9.97. The van der Waals surface area contributed by atoms with E-state index in [4.69, 9.17) is 25.5 Å². The number of pyridine rings is 2. The highest BCUT2D eigenvalue weighted by molar-refractivity contribution is 5.89. The number of fused-ring (bicyclic) bond motifs is 1. The van der Waals surface area contributed by atoms with Crippen LogP contribution in [0.5, 0.6) is 0 Å². The van der Waals surface area contributed by atoms with Gasteiger partial charge in [0.15, 0.2) is 0 Å². The van der Waals surface area contributed by atoms with Crippen LogP contribution in [0.4, 0.5) is 26.3 Å². The second-order valence-electron chi connectivity index (χ2n) is 8.02. The average molecular weight is 544 g/mol. The van der Waals surface area contributed by atoms with E-state index in [1.165, 1.54) is 0 Å². The summed E-state index contributed by atoms with van der Waals surface area (Å²) in [5, 5.41) is 24.7. The molecule has 2 heterocycles. The van der Waals surface area contributed by atoms with Crippen LogP contribution < -0.4 is 5.73 Å². The van der Waals surface area contributed by atoms with Crippen LogP contribution in [-0.4, -0.2) is 44.5 Å². The standard InChI is InChI=1S/C20H20N4.2C2HF3O2/c1-13(2)9-18(22)20-11-16(12-21)17-10-15(3-4-19(17)24-20)14-5-7-23-8-6-14;2*3-2(4,5)1(6)7/h3-8,10-11,13,18H,9,22H2,1-2H3;2*(H,6,7)/t18-;;/m1../s1. The number of nitrogens with two attached hydrogens (primary N) is 1. The Kier molecular flexibility index (Phi) is 11.2. The summed E-state index contributed by atoms with van der Waals surface area (Å²) in [7, 11) is 0. The van der Waals surface area contributed by atoms with Gasteiger partial charge >= 0.3 is 24.3 Å². The van der Waals surface area contributed by atoms with Gasteiger partial charge in [-0.15, -0.1) is 0 Å². The zero-order chi connectivity index (χ0) is 29.3. The summed E-state index contributed by atoms with van der Waals surface area (Å²) in [5.74, 6) is -5.03. The Bertz CT molecular complexity index is 1270. The van der Waals surface area contributed by atoms with Gasteiger partial charge in [-0.05, 0) is 53.8 Å². The number of nitriles is 1. The number of carboxylic acids is 2. The molecule has 38 heavy (non-hydrogen) atoms. The minimum atomic E-state index is -5.08. The van der Waals surface area contributed by atoms with Crippen LogP contribution in [0.3, 0.4) is 0 Å². The van der Waals surface area contributed by atoms with E-state index in [1.807, 2.05) is 36.4 Å². The summed E-state index contributed by atoms with van der Waals surface area (Å²) in [4.78, 5) is 26.5. The first-order valence-electron chi connectivity index (χ1n) is 10.6. The Morgan fingerprint density at radius 3 is 1.87 bits per heavy atom. The number of carbonyl (C=O) groups is 2. The molecule has 4 N–H and O–H groups in total. The van der Waals surface area contributed by atoms with Crippen molar-refractivity contribution in [2.75, 3.05) is 0 Å². The highest BCUT2D eigenvalue weighted by Gasteiger charge is 2.38. The average Bonchev–Trinajstić information content (AvgIpc) is 2.82. The van der Waals surface area contributed by atoms with E-state index in [2.05, 4.69) is 29.9 Å². The Labute approximate surface area is 212 Å². The Morgan fingerprint density at radius 1 is 0.947 bits per heavy atom. The third kappa shape index (κ3) is 10.0. The lowest BCUT2D eigenvalue weighted by Crippen LogP contribution is -2.21. The molecular formula is C24H22F6N4O4. The molecule has 14 heteroatoms. The van der Waals surface area contributed by atoms with E-state index in [9.17, 15) is 31.6 Å². The first-order valence-corrected chi connectivity index (χ1v) is 10.6. The van der Waals surface area contributed by atoms with E-state index in [1.54, 1.807) is 12.4 Å². The molecule has 3 aromatic rings. The van der Waals surface area contributed by atoms with Gasteiger partial charge in [-0.25, -0.2) is 9.59 Å². The molecule has 2 aromatic heterocycles. The Hall–Kier alpha value is -4.25. The summed E-state index contributed by atoms with van der Waals surface area (Å²) in [6, 6.07) is 13.8. The molecule has 0 radical (unpaired) electrons. The van der Waals surface area contributed by atoms with Gasteiger partial charge in [0, 0.05) is 23.8 Å². The lowest BCUT2D eigenvalue weighted by molar-refractivity contribution is -0.193. The first kappa shape index (κ1) is 31.8. The van der Waals surface area contributed by atoms with Gasteiger partial charge in [0.2, 0.25) is 0 Å². The van der Waals surface area contributed by atoms with Crippen molar-refractivity contribution in [3.8, 4) is 17.2 Å². The van der Waals surface area contributed by atoms with Gasteiger partial charge in [-0.1, -0.05) is 19.9 Å². The van der Waals surface area contributed by atoms with E-state index in [0.29, 0.717) is 11.5 Å². The highest BCUT2D eigenvalue weighted by Crippen LogP contribution is 2.28. The van der Waals surface area contributed by atoms with Crippen LogP contribution in [0.2, 0.25) is 0 Å². The highest BCUT2D eigenvalue weighted by atomic mass is 19.4. The number of benzene rings is 1. The van der Waals surface area contributed by atoms with Gasteiger partial charge < -0.3 is 15.9 Å². The normalized spacial score (nSPS) is 11.9. The molecule has 0 amide bonds. The van der Waals surface area contributed by atoms with Crippen molar-refractivity contribution in [2.24, 2.45) is 11.7 Å². The van der Waals surface area contributed by atoms with Crippen molar-refractivity contribution in [3.63, 3.8) is 0 Å². The maximum absolute atomic E-state index is 10.6. The number of hydrogen-bond acceptors (Lipinski definition) is 6. The molecule has 0 spiro atoms. The summed E-state index contributed by atoms with van der Waals surface area (Å²) in [6.45, 7) is 4.26. The van der Waals surface area contributed by atoms with Crippen LogP contribution in [0.25, 0.3) is 22.0 Å². The SMILES string of the molecule is CC(C)C[C@@H](N)c1cc(C#N)c2cc(-c3ccncc3)ccc2n1.O=C(O)C(F)(F)F.O=C(O)C(F)(F)F. The molecule has 204 valence electrons. The molecule has 0 aliphatic carbocycles. The predicted molar refractivity (Wildman–Crippen MR) is 123 cm³/mol. The summed E-state index contributed by atoms with van der Waals surface area (Å²) in [6.07, 6.45) is -5.80. The second-order valence-corrected chi connectivity index (χ2v) is 8.02. The number of nitrogens with zero attached hydrogens (tertiary/aromatic N) is 3. The maximum Gasteiger partial charge on any atom is 0.490 e. The molecule has 1 atom stereocenters. The number of halogens is 6. The summed E-state index contributed by atoms with van der Waals surface area (Å²) < 4.78 is 63.5. The van der Waals surface area contributed by atoms with Crippen LogP contribution in [0.1, 0.15) is 37.6 Å². The van der Waals surface area contributed by atoms with Crippen molar-refractivity contribution in [3.05, 3.63) is 60.0 Å². The van der Waals surface area contributed by atoms with Crippen LogP contribution in [0, 0.1) is 17.2 Å². The fourth-order valence-corrected chi connectivity index (χ4v) is 2.88. The van der Waals surface area contributed by atoms with E-state index in [-0.39, 0.29) is 6.04 Å². The number of alkyl halides is 6. The van der Waals surface area contributed by atoms with E-state index < -0.39 is 24.3 Å². The van der Waals surface area contributed by atoms with Gasteiger partial charge in [-0.2, -0.15) is 31.6 Å². The van der Waals surface area contributed by atoms with Crippen LogP contribution in [-0.2, 0) is 9.59 Å². The van der Waals surface area contributed by atoms with Crippen LogP contribution >= 0.6 is 0 Å². The molecule has 0 saturated heterocycles. The minimum absolute atomic E-state index is 0.152. The fourth-order valence-electron chi connectivity index (χ4n) is 2.88. The fraction of sp³-hybridized carbons (Fsp3) is 0.292. The third-order valence-corrected chi connectivity index (χ3v) is 4.55. The molecule has 0 aliphatic rings. The van der Waals surface area contributed by atoms with Gasteiger partial charge in [0.05, 0.1) is 22.8 Å². The lowest BCUT2D eigenvalue weighted by Gasteiger charge is -2.15. The zero-order valence-electron chi connectivity index (χ0n) is 19.9. The largest absolute Gasteiger partial charge is 0.490 e. The molecule has 0 bridgehead atoms. The molecule has 0 fully saturated rings. The Morgan fingerprint density at radius 2 is 1.45 bits per heavy atom. The number of aliphatic carboxylic acids is 2. The molecule has 0 saturated carbocycles. The van der Waals surface area contributed by atoms with E-state index in [0.717, 1.165) is 34.1 Å². The zero-order valence-corrected chi connectivity index (χ0v) is 19.9. The van der Waals surface area contributed by atoms with Gasteiger partial charge in [0.1, 0.15) is 0 Å². The van der Waals surface area contributed by atoms with Gasteiger partial charge in [0.25, 0.3) is 0 Å². The van der Waals surface area contributed by atoms with Crippen molar-refractivity contribution < 1.29 is 46.1 Å². The molecular weight excluding hydrogens is 522 g/mol. The summed E-state index contributed by atoms with van der Waals surface area (Å²) >= 11 is 0. The predicted octanol–water partition coefficient (Wildman–Crippen LogP) is 5.48. The number of aromatic nitrogens is 2. The first-order chi connectivity index (χ1) is 17.5. The van der Waals surface area contributed by atoms with Crippen LogP contribution in [0.15, 0.2) is 48.8 Å². The number of carboxylic acid groups (broad SMARTS) is 2. The van der Waals surface area contributed by atoms with Crippen molar-refractivity contribution in [2.45, 2.75) is 38.7 Å². The number of hydrogen-bond donors (Lipinski definition) is 3.